The number of ketones is 3. The molecule has 2 unspecified atom stereocenters. The molecule has 2 aliphatic heterocycles. The minimum atomic E-state index is -1.58. The minimum Gasteiger partial charge on any atom is -0.351 e. The van der Waals surface area contributed by atoms with E-state index >= 15 is 0 Å². The van der Waals surface area contributed by atoms with Crippen LogP contribution in [0.3, 0.4) is 0 Å². The van der Waals surface area contributed by atoms with Gasteiger partial charge in [0.15, 0.2) is 16.4 Å². The first-order valence-electron chi connectivity index (χ1n) is 5.06. The van der Waals surface area contributed by atoms with Crippen LogP contribution in [0.5, 0.6) is 0 Å². The summed E-state index contributed by atoms with van der Waals surface area (Å²) < 4.78 is 5.14. The largest absolute Gasteiger partial charge is 0.351 e. The van der Waals surface area contributed by atoms with Gasteiger partial charge in [-0.3, -0.25) is 9.59 Å². The summed E-state index contributed by atoms with van der Waals surface area (Å²) in [6, 6.07) is 0. The van der Waals surface area contributed by atoms with Crippen LogP contribution in [0, 0.1) is 0 Å². The van der Waals surface area contributed by atoms with E-state index in [2.05, 4.69) is 0 Å². The van der Waals surface area contributed by atoms with Crippen molar-refractivity contribution in [2.45, 2.75) is 36.8 Å². The Morgan fingerprint density at radius 3 is 2.31 bits per heavy atom. The van der Waals surface area contributed by atoms with Gasteiger partial charge in [0.25, 0.3) is 0 Å². The Bertz CT molecular complexity index is 375. The zero-order chi connectivity index (χ0) is 11.9. The molecule has 1 saturated heterocycles. The first-order valence-corrected chi connectivity index (χ1v) is 5.44. The highest BCUT2D eigenvalue weighted by Gasteiger charge is 2.55. The summed E-state index contributed by atoms with van der Waals surface area (Å²) >= 11 is 6.08. The number of alkyl halides is 1. The van der Waals surface area contributed by atoms with E-state index in [4.69, 9.17) is 16.3 Å². The van der Waals surface area contributed by atoms with Gasteiger partial charge in [0.05, 0.1) is 0 Å². The Kier molecular flexibility index (Phi) is 2.72. The average molecular weight is 243 g/mol. The summed E-state index contributed by atoms with van der Waals surface area (Å²) in [6.07, 6.45) is 1.81. The number of Topliss-reactive ketones (excluding diaryl/α,β-unsaturated/α-hetero) is 3. The Labute approximate surface area is 97.6 Å². The van der Waals surface area contributed by atoms with Crippen molar-refractivity contribution in [3.63, 3.8) is 0 Å². The molecule has 0 radical (unpaired) electrons. The van der Waals surface area contributed by atoms with Crippen LogP contribution in [0.25, 0.3) is 0 Å². The number of carbonyl (C=O) groups is 3. The number of hydrogen-bond donors (Lipinski definition) is 0. The summed E-state index contributed by atoms with van der Waals surface area (Å²) in [5.41, 5.74) is 0. The fourth-order valence-corrected chi connectivity index (χ4v) is 2.23. The van der Waals surface area contributed by atoms with Crippen molar-refractivity contribution in [1.82, 2.24) is 0 Å². The maximum absolute atomic E-state index is 11.9. The fraction of sp³-hybridized carbons (Fsp3) is 0.545. The Morgan fingerprint density at radius 2 is 1.88 bits per heavy atom. The quantitative estimate of drug-likeness (QED) is 0.417. The highest BCUT2D eigenvalue weighted by atomic mass is 35.5. The van der Waals surface area contributed by atoms with Crippen LogP contribution in [0.15, 0.2) is 12.2 Å². The second kappa shape index (κ2) is 3.79. The van der Waals surface area contributed by atoms with Crippen molar-refractivity contribution in [3.8, 4) is 0 Å². The number of rotatable bonds is 3. The van der Waals surface area contributed by atoms with Gasteiger partial charge in [-0.15, -0.1) is 11.6 Å². The van der Waals surface area contributed by atoms with Gasteiger partial charge in [-0.05, 0) is 25.5 Å². The van der Waals surface area contributed by atoms with E-state index in [1.54, 1.807) is 12.2 Å². The minimum absolute atomic E-state index is 0.0552. The van der Waals surface area contributed by atoms with Gasteiger partial charge in [-0.1, -0.05) is 0 Å². The lowest BCUT2D eigenvalue weighted by Gasteiger charge is -2.32. The van der Waals surface area contributed by atoms with E-state index in [0.717, 1.165) is 0 Å². The van der Waals surface area contributed by atoms with Gasteiger partial charge < -0.3 is 9.53 Å². The second-order valence-electron chi connectivity index (χ2n) is 4.09. The van der Waals surface area contributed by atoms with Gasteiger partial charge in [-0.2, -0.15) is 0 Å². The van der Waals surface area contributed by atoms with E-state index in [0.29, 0.717) is 0 Å². The van der Waals surface area contributed by atoms with Crippen molar-refractivity contribution < 1.29 is 19.1 Å². The van der Waals surface area contributed by atoms with E-state index < -0.39 is 28.6 Å². The van der Waals surface area contributed by atoms with Crippen LogP contribution < -0.4 is 0 Å². The van der Waals surface area contributed by atoms with Crippen molar-refractivity contribution in [2.75, 3.05) is 0 Å². The predicted octanol–water partition coefficient (Wildman–Crippen LogP) is 0.809. The van der Waals surface area contributed by atoms with E-state index in [1.807, 2.05) is 0 Å². The molecule has 0 aromatic carbocycles. The van der Waals surface area contributed by atoms with Gasteiger partial charge in [-0.25, -0.2) is 0 Å². The molecule has 2 heterocycles. The maximum Gasteiger partial charge on any atom is 0.194 e. The summed E-state index contributed by atoms with van der Waals surface area (Å²) in [5, 5.41) is 0. The topological polar surface area (TPSA) is 60.4 Å². The lowest BCUT2D eigenvalue weighted by molar-refractivity contribution is -0.150. The van der Waals surface area contributed by atoms with Gasteiger partial charge >= 0.3 is 0 Å². The molecule has 5 heteroatoms. The molecule has 2 atom stereocenters. The van der Waals surface area contributed by atoms with E-state index in [9.17, 15) is 14.4 Å². The molecule has 2 bridgehead atoms. The maximum atomic E-state index is 11.9. The molecule has 4 nitrogen and oxygen atoms in total. The summed E-state index contributed by atoms with van der Waals surface area (Å²) in [6.45, 7) is 1.40. The lowest BCUT2D eigenvalue weighted by Crippen LogP contribution is -2.55. The Hall–Kier alpha value is -1.00. The Morgan fingerprint density at radius 1 is 1.38 bits per heavy atom. The zero-order valence-electron chi connectivity index (χ0n) is 8.73. The zero-order valence-corrected chi connectivity index (χ0v) is 9.49. The third-order valence-electron chi connectivity index (χ3n) is 2.87. The molecule has 2 aliphatic rings. The SMILES string of the molecule is CC(=O)CCC1(Cl)C(=O)C2C=CC(O2)C1=O. The van der Waals surface area contributed by atoms with E-state index in [1.165, 1.54) is 6.92 Å². The van der Waals surface area contributed by atoms with Gasteiger partial charge in [0.1, 0.15) is 18.0 Å². The molecule has 0 N–H and O–H groups in total. The molecule has 0 saturated carbocycles. The highest BCUT2D eigenvalue weighted by Crippen LogP contribution is 2.36. The molecule has 0 spiro atoms. The lowest BCUT2D eigenvalue weighted by atomic mass is 9.86. The third kappa shape index (κ3) is 1.62. The smallest absolute Gasteiger partial charge is 0.194 e. The van der Waals surface area contributed by atoms with Crippen LogP contribution >= 0.6 is 11.6 Å². The molecule has 1 fully saturated rings. The Balaban J connectivity index is 2.23. The second-order valence-corrected chi connectivity index (χ2v) is 4.74. The standard InChI is InChI=1S/C11H11ClO4/c1-6(13)4-5-11(12)9(14)7-2-3-8(16-7)10(11)15/h2-3,7-8H,4-5H2,1H3. The number of halogens is 1. The van der Waals surface area contributed by atoms with Crippen LogP contribution in [0.1, 0.15) is 19.8 Å². The number of ether oxygens (including phenoxy) is 1. The molecule has 0 amide bonds. The predicted molar refractivity (Wildman–Crippen MR) is 56.3 cm³/mol. The van der Waals surface area contributed by atoms with Crippen molar-refractivity contribution >= 4 is 29.0 Å². The van der Waals surface area contributed by atoms with Gasteiger partial charge in [0, 0.05) is 6.42 Å². The van der Waals surface area contributed by atoms with E-state index in [-0.39, 0.29) is 18.6 Å². The summed E-state index contributed by atoms with van der Waals surface area (Å²) in [5.74, 6) is -0.997. The molecule has 16 heavy (non-hydrogen) atoms. The van der Waals surface area contributed by atoms with Crippen LogP contribution in [-0.2, 0) is 19.1 Å². The number of hydrogen-bond acceptors (Lipinski definition) is 4. The molecule has 0 aromatic heterocycles. The molecular weight excluding hydrogens is 232 g/mol. The average Bonchev–Trinajstić information content (AvgIpc) is 2.69. The number of fused-ring (bicyclic) bond motifs is 2. The molecular formula is C11H11ClO4. The third-order valence-corrected chi connectivity index (χ3v) is 3.43. The normalized spacial score (nSPS) is 36.9. The first-order chi connectivity index (χ1) is 7.45. The molecule has 0 aromatic rings. The first kappa shape index (κ1) is 11.5. The van der Waals surface area contributed by atoms with Crippen LogP contribution in [-0.4, -0.2) is 34.4 Å². The van der Waals surface area contributed by atoms with Crippen LogP contribution in [0.4, 0.5) is 0 Å². The van der Waals surface area contributed by atoms with Crippen molar-refractivity contribution in [2.24, 2.45) is 0 Å². The van der Waals surface area contributed by atoms with Gasteiger partial charge in [0.2, 0.25) is 0 Å². The summed E-state index contributed by atoms with van der Waals surface area (Å²) in [4.78, 5) is 33.1. The number of carbonyl (C=O) groups excluding carboxylic acids is 3. The van der Waals surface area contributed by atoms with Crippen molar-refractivity contribution in [3.05, 3.63) is 12.2 Å². The summed E-state index contributed by atoms with van der Waals surface area (Å²) in [7, 11) is 0. The monoisotopic (exact) mass is 242 g/mol. The molecule has 0 aliphatic carbocycles. The fourth-order valence-electron chi connectivity index (χ4n) is 1.92. The molecule has 2 rings (SSSR count). The van der Waals surface area contributed by atoms with Crippen LogP contribution in [0.2, 0.25) is 0 Å². The molecule has 86 valence electrons. The van der Waals surface area contributed by atoms with Crippen molar-refractivity contribution in [1.29, 1.82) is 0 Å². The highest BCUT2D eigenvalue weighted by molar-refractivity contribution is 6.49.